The summed E-state index contributed by atoms with van der Waals surface area (Å²) in [6, 6.07) is 6.49. The number of carbonyl (C=O) groups is 1. The van der Waals surface area contributed by atoms with Crippen molar-refractivity contribution in [3.05, 3.63) is 35.5 Å². The van der Waals surface area contributed by atoms with Gasteiger partial charge in [0.1, 0.15) is 0 Å². The minimum Gasteiger partial charge on any atom is -0.370 e. The molecule has 1 amide bonds. The minimum atomic E-state index is -0.249. The van der Waals surface area contributed by atoms with E-state index in [9.17, 15) is 4.79 Å². The maximum atomic E-state index is 11.0. The number of hydrogen-bond donors (Lipinski definition) is 2. The molecular formula is C15H20N2O. The molecule has 0 radical (unpaired) electrons. The number of hydrogen-bond acceptors (Lipinski definition) is 1. The number of H-pyrrole nitrogens is 1. The van der Waals surface area contributed by atoms with Gasteiger partial charge in [0.05, 0.1) is 0 Å². The van der Waals surface area contributed by atoms with Crippen LogP contribution in [-0.4, -0.2) is 10.9 Å². The summed E-state index contributed by atoms with van der Waals surface area (Å²) >= 11 is 0. The zero-order chi connectivity index (χ0) is 13.1. The second-order valence-corrected chi connectivity index (χ2v) is 4.95. The van der Waals surface area contributed by atoms with Crippen LogP contribution in [0.1, 0.15) is 43.7 Å². The molecule has 1 unspecified atom stereocenters. The molecule has 0 bridgehead atoms. The second kappa shape index (κ2) is 5.25. The van der Waals surface area contributed by atoms with Gasteiger partial charge in [0.25, 0.3) is 0 Å². The van der Waals surface area contributed by atoms with E-state index >= 15 is 0 Å². The van der Waals surface area contributed by atoms with Crippen LogP contribution >= 0.6 is 0 Å². The second-order valence-electron chi connectivity index (χ2n) is 4.95. The van der Waals surface area contributed by atoms with Crippen LogP contribution in [0.4, 0.5) is 0 Å². The van der Waals surface area contributed by atoms with E-state index in [1.165, 1.54) is 16.5 Å². The molecule has 1 aromatic heterocycles. The predicted molar refractivity (Wildman–Crippen MR) is 74.5 cm³/mol. The lowest BCUT2D eigenvalue weighted by Gasteiger charge is -2.08. The van der Waals surface area contributed by atoms with Crippen LogP contribution in [-0.2, 0) is 11.2 Å². The van der Waals surface area contributed by atoms with Crippen LogP contribution in [0.15, 0.2) is 24.4 Å². The first kappa shape index (κ1) is 12.7. The summed E-state index contributed by atoms with van der Waals surface area (Å²) in [6.07, 6.45) is 4.62. The fourth-order valence-corrected chi connectivity index (χ4v) is 2.45. The van der Waals surface area contributed by atoms with E-state index in [1.54, 1.807) is 0 Å². The summed E-state index contributed by atoms with van der Waals surface area (Å²) in [7, 11) is 0. The quantitative estimate of drug-likeness (QED) is 0.834. The first-order valence-electron chi connectivity index (χ1n) is 6.50. The van der Waals surface area contributed by atoms with Gasteiger partial charge in [0.2, 0.25) is 5.91 Å². The number of aromatic nitrogens is 1. The van der Waals surface area contributed by atoms with Crippen molar-refractivity contribution in [2.45, 2.75) is 39.0 Å². The van der Waals surface area contributed by atoms with Gasteiger partial charge in [-0.05, 0) is 35.6 Å². The molecule has 1 aromatic carbocycles. The highest BCUT2D eigenvalue weighted by atomic mass is 16.1. The molecule has 3 heteroatoms. The molecule has 2 aromatic rings. The van der Waals surface area contributed by atoms with Crippen molar-refractivity contribution in [1.82, 2.24) is 4.98 Å². The number of nitrogens with one attached hydrogen (secondary N) is 1. The van der Waals surface area contributed by atoms with Crippen molar-refractivity contribution >= 4 is 16.8 Å². The van der Waals surface area contributed by atoms with Gasteiger partial charge in [-0.2, -0.15) is 0 Å². The third-order valence-electron chi connectivity index (χ3n) is 3.36. The van der Waals surface area contributed by atoms with Gasteiger partial charge >= 0.3 is 0 Å². The molecule has 3 N–H and O–H groups in total. The van der Waals surface area contributed by atoms with E-state index in [0.717, 1.165) is 18.4 Å². The van der Waals surface area contributed by atoms with Crippen LogP contribution in [0.25, 0.3) is 10.9 Å². The molecule has 18 heavy (non-hydrogen) atoms. The van der Waals surface area contributed by atoms with Gasteiger partial charge in [-0.1, -0.05) is 26.3 Å². The molecule has 0 saturated heterocycles. The van der Waals surface area contributed by atoms with Gasteiger partial charge < -0.3 is 10.7 Å². The maximum Gasteiger partial charge on any atom is 0.218 e. The molecule has 2 rings (SSSR count). The van der Waals surface area contributed by atoms with Crippen LogP contribution in [0.5, 0.6) is 0 Å². The van der Waals surface area contributed by atoms with E-state index in [-0.39, 0.29) is 11.8 Å². The molecule has 0 aliphatic carbocycles. The third kappa shape index (κ3) is 2.55. The standard InChI is InChI=1S/C15H20N2O/c1-3-4-11-5-6-14-12(8-11)13(9-17-14)10(2)7-15(16)18/h5-6,8-10,17H,3-4,7H2,1-2H3,(H2,16,18). The van der Waals surface area contributed by atoms with E-state index in [0.29, 0.717) is 6.42 Å². The number of carbonyl (C=O) groups excluding carboxylic acids is 1. The first-order valence-corrected chi connectivity index (χ1v) is 6.50. The SMILES string of the molecule is CCCc1ccc2[nH]cc(C(C)CC(N)=O)c2c1. The van der Waals surface area contributed by atoms with E-state index in [1.807, 2.05) is 13.1 Å². The Morgan fingerprint density at radius 2 is 2.22 bits per heavy atom. The molecular weight excluding hydrogens is 224 g/mol. The summed E-state index contributed by atoms with van der Waals surface area (Å²) in [4.78, 5) is 14.3. The van der Waals surface area contributed by atoms with E-state index in [4.69, 9.17) is 5.73 Å². The summed E-state index contributed by atoms with van der Waals surface area (Å²) < 4.78 is 0. The van der Waals surface area contributed by atoms with Crippen LogP contribution in [0, 0.1) is 0 Å². The zero-order valence-electron chi connectivity index (χ0n) is 11.0. The van der Waals surface area contributed by atoms with Crippen LogP contribution in [0.2, 0.25) is 0 Å². The zero-order valence-corrected chi connectivity index (χ0v) is 11.0. The van der Waals surface area contributed by atoms with Gasteiger partial charge in [-0.15, -0.1) is 0 Å². The lowest BCUT2D eigenvalue weighted by molar-refractivity contribution is -0.118. The third-order valence-corrected chi connectivity index (χ3v) is 3.36. The lowest BCUT2D eigenvalue weighted by atomic mass is 9.95. The first-order chi connectivity index (χ1) is 8.61. The highest BCUT2D eigenvalue weighted by Gasteiger charge is 2.13. The Hall–Kier alpha value is -1.77. The topological polar surface area (TPSA) is 58.9 Å². The number of primary amides is 1. The fraction of sp³-hybridized carbons (Fsp3) is 0.400. The predicted octanol–water partition coefficient (Wildman–Crippen LogP) is 3.10. The van der Waals surface area contributed by atoms with Crippen molar-refractivity contribution in [2.75, 3.05) is 0 Å². The Morgan fingerprint density at radius 1 is 1.44 bits per heavy atom. The normalized spacial score (nSPS) is 12.8. The summed E-state index contributed by atoms with van der Waals surface area (Å²) in [5, 5.41) is 1.22. The van der Waals surface area contributed by atoms with Gasteiger partial charge in [0, 0.05) is 23.5 Å². The number of nitrogens with two attached hydrogens (primary N) is 1. The Balaban J connectivity index is 2.38. The largest absolute Gasteiger partial charge is 0.370 e. The molecule has 1 heterocycles. The average molecular weight is 244 g/mol. The highest BCUT2D eigenvalue weighted by Crippen LogP contribution is 2.28. The smallest absolute Gasteiger partial charge is 0.218 e. The number of fused-ring (bicyclic) bond motifs is 1. The Kier molecular flexibility index (Phi) is 3.70. The highest BCUT2D eigenvalue weighted by molar-refractivity contribution is 5.85. The van der Waals surface area contributed by atoms with E-state index < -0.39 is 0 Å². The van der Waals surface area contributed by atoms with Crippen molar-refractivity contribution in [3.63, 3.8) is 0 Å². The Bertz CT molecular complexity index is 557. The average Bonchev–Trinajstić information content (AvgIpc) is 2.71. The van der Waals surface area contributed by atoms with Crippen LogP contribution < -0.4 is 5.73 Å². The number of aryl methyl sites for hydroxylation is 1. The monoisotopic (exact) mass is 244 g/mol. The lowest BCUT2D eigenvalue weighted by Crippen LogP contribution is -2.13. The van der Waals surface area contributed by atoms with E-state index in [2.05, 4.69) is 30.1 Å². The molecule has 3 nitrogen and oxygen atoms in total. The van der Waals surface area contributed by atoms with Gasteiger partial charge in [-0.3, -0.25) is 4.79 Å². The molecule has 0 fully saturated rings. The number of benzene rings is 1. The number of rotatable bonds is 5. The Labute approximate surface area is 107 Å². The molecule has 0 saturated carbocycles. The molecule has 96 valence electrons. The van der Waals surface area contributed by atoms with Gasteiger partial charge in [-0.25, -0.2) is 0 Å². The summed E-state index contributed by atoms with van der Waals surface area (Å²) in [5.74, 6) is -0.0883. The molecule has 0 spiro atoms. The molecule has 0 aliphatic heterocycles. The number of amides is 1. The Morgan fingerprint density at radius 3 is 2.89 bits per heavy atom. The van der Waals surface area contributed by atoms with Crippen LogP contribution in [0.3, 0.4) is 0 Å². The molecule has 0 aliphatic rings. The number of aromatic amines is 1. The molecule has 1 atom stereocenters. The van der Waals surface area contributed by atoms with Crippen molar-refractivity contribution in [2.24, 2.45) is 5.73 Å². The van der Waals surface area contributed by atoms with Crippen molar-refractivity contribution in [1.29, 1.82) is 0 Å². The minimum absolute atomic E-state index is 0.160. The van der Waals surface area contributed by atoms with Crippen molar-refractivity contribution in [3.8, 4) is 0 Å². The van der Waals surface area contributed by atoms with Gasteiger partial charge in [0.15, 0.2) is 0 Å². The fourth-order valence-electron chi connectivity index (χ4n) is 2.45. The van der Waals surface area contributed by atoms with Crippen molar-refractivity contribution < 1.29 is 4.79 Å². The summed E-state index contributed by atoms with van der Waals surface area (Å²) in [5.41, 5.74) is 8.92. The summed E-state index contributed by atoms with van der Waals surface area (Å²) in [6.45, 7) is 4.22. The maximum absolute atomic E-state index is 11.0.